The number of nitro benzene ring substituents is 2. The lowest BCUT2D eigenvalue weighted by Gasteiger charge is -2.29. The molecule has 0 atom stereocenters. The van der Waals surface area contributed by atoms with Crippen molar-refractivity contribution in [3.63, 3.8) is 0 Å². The van der Waals surface area contributed by atoms with Crippen LogP contribution in [0, 0.1) is 32.1 Å². The van der Waals surface area contributed by atoms with E-state index in [9.17, 15) is 20.2 Å². The molecule has 2 aromatic rings. The van der Waals surface area contributed by atoms with Crippen molar-refractivity contribution in [2.75, 3.05) is 0 Å². The van der Waals surface area contributed by atoms with E-state index in [1.807, 2.05) is 12.1 Å². The smallest absolute Gasteiger partial charge is 0.258 e. The first-order valence-corrected chi connectivity index (χ1v) is 16.0. The highest BCUT2D eigenvalue weighted by molar-refractivity contribution is 5.81. The highest BCUT2D eigenvalue weighted by atomic mass is 16.6. The average Bonchev–Trinajstić information content (AvgIpc) is 2.97. The van der Waals surface area contributed by atoms with E-state index in [-0.39, 0.29) is 21.2 Å². The van der Waals surface area contributed by atoms with Crippen LogP contribution in [-0.2, 0) is 0 Å². The molecule has 40 heavy (non-hydrogen) atoms. The molecule has 0 aromatic heterocycles. The van der Waals surface area contributed by atoms with Crippen molar-refractivity contribution in [1.82, 2.24) is 0 Å². The summed E-state index contributed by atoms with van der Waals surface area (Å²) in [6.45, 7) is 4.47. The molecule has 0 N–H and O–H groups in total. The normalized spacial score (nSPS) is 23.1. The maximum Gasteiger partial charge on any atom is 0.277 e. The molecule has 0 amide bonds. The fourth-order valence-electron chi connectivity index (χ4n) is 7.30. The van der Waals surface area contributed by atoms with Crippen molar-refractivity contribution in [3.8, 4) is 11.1 Å². The highest BCUT2D eigenvalue weighted by Crippen LogP contribution is 2.44. The van der Waals surface area contributed by atoms with E-state index < -0.39 is 0 Å². The van der Waals surface area contributed by atoms with Gasteiger partial charge in [-0.05, 0) is 98.3 Å². The number of benzene rings is 2. The van der Waals surface area contributed by atoms with Crippen LogP contribution in [0.5, 0.6) is 0 Å². The lowest BCUT2D eigenvalue weighted by atomic mass is 9.76. The number of nitrogens with zero attached hydrogens (tertiary/aromatic N) is 2. The molecule has 0 saturated heterocycles. The van der Waals surface area contributed by atoms with Gasteiger partial charge >= 0.3 is 0 Å². The van der Waals surface area contributed by atoms with Gasteiger partial charge in [0, 0.05) is 12.1 Å². The first kappa shape index (κ1) is 30.2. The SMILES string of the molecule is CCCCC[C@H]1CC[C@H](c2ccc(-c3ccc([C@H]4CC[C@H](CCCCC)CC4)cc3[N+](=O)[O-])c([N+](=O)[O-])c2)CC1. The van der Waals surface area contributed by atoms with E-state index in [1.165, 1.54) is 77.0 Å². The maximum atomic E-state index is 12.2. The predicted octanol–water partition coefficient (Wildman–Crippen LogP) is 10.9. The molecule has 0 radical (unpaired) electrons. The van der Waals surface area contributed by atoms with Crippen LogP contribution in [0.2, 0.25) is 0 Å². The molecule has 6 nitrogen and oxygen atoms in total. The topological polar surface area (TPSA) is 86.3 Å². The molecule has 6 heteroatoms. The van der Waals surface area contributed by atoms with Crippen molar-refractivity contribution in [1.29, 1.82) is 0 Å². The van der Waals surface area contributed by atoms with Gasteiger partial charge in [0.1, 0.15) is 0 Å². The van der Waals surface area contributed by atoms with Gasteiger partial charge in [-0.1, -0.05) is 77.3 Å². The Morgan fingerprint density at radius 2 is 0.975 bits per heavy atom. The second-order valence-corrected chi connectivity index (χ2v) is 12.5. The molecule has 2 aliphatic carbocycles. The van der Waals surface area contributed by atoms with Crippen molar-refractivity contribution >= 4 is 11.4 Å². The van der Waals surface area contributed by atoms with Crippen LogP contribution in [-0.4, -0.2) is 9.85 Å². The van der Waals surface area contributed by atoms with E-state index in [0.717, 1.165) is 48.6 Å². The van der Waals surface area contributed by atoms with Gasteiger partial charge in [0.05, 0.1) is 21.0 Å². The Bertz CT molecular complexity index is 1040. The van der Waals surface area contributed by atoms with E-state index in [2.05, 4.69) is 13.8 Å². The van der Waals surface area contributed by atoms with Crippen LogP contribution >= 0.6 is 0 Å². The van der Waals surface area contributed by atoms with Gasteiger partial charge in [0.15, 0.2) is 0 Å². The second-order valence-electron chi connectivity index (χ2n) is 12.5. The van der Waals surface area contributed by atoms with Crippen LogP contribution in [0.4, 0.5) is 11.4 Å². The fourth-order valence-corrected chi connectivity index (χ4v) is 7.30. The lowest BCUT2D eigenvalue weighted by Crippen LogP contribution is -2.14. The summed E-state index contributed by atoms with van der Waals surface area (Å²) in [7, 11) is 0. The van der Waals surface area contributed by atoms with Crippen LogP contribution in [0.1, 0.15) is 140 Å². The zero-order valence-corrected chi connectivity index (χ0v) is 24.6. The second kappa shape index (κ2) is 14.7. The third-order valence-electron chi connectivity index (χ3n) is 9.80. The van der Waals surface area contributed by atoms with Crippen molar-refractivity contribution < 1.29 is 9.85 Å². The van der Waals surface area contributed by atoms with Gasteiger partial charge in [-0.25, -0.2) is 0 Å². The first-order valence-electron chi connectivity index (χ1n) is 16.0. The lowest BCUT2D eigenvalue weighted by molar-refractivity contribution is -0.386. The standard InChI is InChI=1S/C34H48N2O4/c1-3-5-7-9-25-11-15-27(16-12-25)29-19-21-31(33(23-29)35(37)38)32-22-20-30(24-34(32)36(39)40)28-17-13-26(14-18-28)10-8-6-4-2/h19-28H,3-18H2,1-2H3/t25-,26-,27-,28-. The summed E-state index contributed by atoms with van der Waals surface area (Å²) in [5, 5.41) is 24.4. The third kappa shape index (κ3) is 7.70. The first-order chi connectivity index (χ1) is 19.4. The summed E-state index contributed by atoms with van der Waals surface area (Å²) < 4.78 is 0. The Balaban J connectivity index is 1.49. The molecular weight excluding hydrogens is 500 g/mol. The Hall–Kier alpha value is -2.76. The van der Waals surface area contributed by atoms with E-state index in [1.54, 1.807) is 24.3 Å². The minimum absolute atomic E-state index is 0.0222. The summed E-state index contributed by atoms with van der Waals surface area (Å²) in [4.78, 5) is 23.6. The van der Waals surface area contributed by atoms with Crippen LogP contribution in [0.15, 0.2) is 36.4 Å². The minimum Gasteiger partial charge on any atom is -0.258 e. The molecule has 0 bridgehead atoms. The number of nitro groups is 2. The Kier molecular flexibility index (Phi) is 11.1. The van der Waals surface area contributed by atoms with Crippen LogP contribution in [0.25, 0.3) is 11.1 Å². The summed E-state index contributed by atoms with van der Waals surface area (Å²) in [5.41, 5.74) is 2.65. The average molecular weight is 549 g/mol. The summed E-state index contributed by atoms with van der Waals surface area (Å²) in [6.07, 6.45) is 19.2. The zero-order chi connectivity index (χ0) is 28.5. The monoisotopic (exact) mass is 548 g/mol. The number of unbranched alkanes of at least 4 members (excludes halogenated alkanes) is 4. The van der Waals surface area contributed by atoms with E-state index >= 15 is 0 Å². The molecule has 2 aromatic carbocycles. The summed E-state index contributed by atoms with van der Waals surface area (Å²) in [5.74, 6) is 2.19. The highest BCUT2D eigenvalue weighted by Gasteiger charge is 2.29. The van der Waals surface area contributed by atoms with Gasteiger partial charge in [-0.3, -0.25) is 20.2 Å². The van der Waals surface area contributed by atoms with Gasteiger partial charge in [-0.15, -0.1) is 0 Å². The maximum absolute atomic E-state index is 12.2. The van der Waals surface area contributed by atoms with Gasteiger partial charge in [0.2, 0.25) is 0 Å². The molecule has 2 fully saturated rings. The number of hydrogen-bond donors (Lipinski definition) is 0. The molecule has 2 saturated carbocycles. The molecule has 0 spiro atoms. The zero-order valence-electron chi connectivity index (χ0n) is 24.6. The van der Waals surface area contributed by atoms with Crippen LogP contribution < -0.4 is 0 Å². The van der Waals surface area contributed by atoms with Gasteiger partial charge in [0.25, 0.3) is 11.4 Å². The Morgan fingerprint density at radius 1 is 0.600 bits per heavy atom. The fraction of sp³-hybridized carbons (Fsp3) is 0.647. The summed E-state index contributed by atoms with van der Waals surface area (Å²) in [6, 6.07) is 10.8. The molecule has 0 aliphatic heterocycles. The Morgan fingerprint density at radius 3 is 1.30 bits per heavy atom. The van der Waals surface area contributed by atoms with E-state index in [0.29, 0.717) is 23.0 Å². The molecule has 0 unspecified atom stereocenters. The predicted molar refractivity (Wildman–Crippen MR) is 163 cm³/mol. The Labute approximate surface area is 240 Å². The molecule has 218 valence electrons. The number of hydrogen-bond acceptors (Lipinski definition) is 4. The summed E-state index contributed by atoms with van der Waals surface area (Å²) >= 11 is 0. The minimum atomic E-state index is -0.368. The molecule has 0 heterocycles. The van der Waals surface area contributed by atoms with E-state index in [4.69, 9.17) is 0 Å². The van der Waals surface area contributed by atoms with Gasteiger partial charge in [-0.2, -0.15) is 0 Å². The van der Waals surface area contributed by atoms with Crippen molar-refractivity contribution in [3.05, 3.63) is 67.8 Å². The molecular formula is C34H48N2O4. The van der Waals surface area contributed by atoms with Crippen molar-refractivity contribution in [2.45, 2.75) is 128 Å². The largest absolute Gasteiger partial charge is 0.277 e. The quantitative estimate of drug-likeness (QED) is 0.141. The molecule has 2 aliphatic rings. The molecule has 4 rings (SSSR count). The third-order valence-corrected chi connectivity index (χ3v) is 9.80. The van der Waals surface area contributed by atoms with Crippen molar-refractivity contribution in [2.24, 2.45) is 11.8 Å². The van der Waals surface area contributed by atoms with Crippen LogP contribution in [0.3, 0.4) is 0 Å². The van der Waals surface area contributed by atoms with Gasteiger partial charge < -0.3 is 0 Å². The number of rotatable bonds is 13.